The molecule has 0 aromatic carbocycles. The first-order valence-corrected chi connectivity index (χ1v) is 7.18. The summed E-state index contributed by atoms with van der Waals surface area (Å²) in [4.78, 5) is 0. The molecule has 5 nitrogen and oxygen atoms in total. The van der Waals surface area contributed by atoms with Crippen molar-refractivity contribution in [2.75, 3.05) is 13.2 Å². The van der Waals surface area contributed by atoms with Gasteiger partial charge in [-0.1, -0.05) is 27.2 Å². The minimum Gasteiger partial charge on any atom is -0.394 e. The van der Waals surface area contributed by atoms with Crippen LogP contribution in [0.5, 0.6) is 0 Å². The maximum atomic E-state index is 9.75. The van der Waals surface area contributed by atoms with Crippen LogP contribution in [0.2, 0.25) is 0 Å². The Kier molecular flexibility index (Phi) is 7.25. The molecule has 0 aromatic heterocycles. The Balaban J connectivity index is 2.50. The number of hydrogen-bond donors (Lipinski definition) is 3. The van der Waals surface area contributed by atoms with E-state index in [1.54, 1.807) is 0 Å². The van der Waals surface area contributed by atoms with Crippen molar-refractivity contribution in [1.82, 2.24) is 0 Å². The van der Waals surface area contributed by atoms with E-state index >= 15 is 0 Å². The molecular weight excluding hydrogens is 248 g/mol. The van der Waals surface area contributed by atoms with Crippen LogP contribution in [-0.2, 0) is 9.47 Å². The van der Waals surface area contributed by atoms with Crippen molar-refractivity contribution in [1.29, 1.82) is 0 Å². The number of rotatable bonds is 7. The molecular formula is C14H28O5. The van der Waals surface area contributed by atoms with Crippen molar-refractivity contribution in [3.63, 3.8) is 0 Å². The van der Waals surface area contributed by atoms with E-state index < -0.39 is 12.6 Å². The molecule has 1 aliphatic rings. The van der Waals surface area contributed by atoms with E-state index in [1.807, 2.05) is 0 Å². The number of hydrogen-bond acceptors (Lipinski definition) is 5. The van der Waals surface area contributed by atoms with Crippen LogP contribution in [0.25, 0.3) is 0 Å². The Hall–Kier alpha value is -0.200. The maximum absolute atomic E-state index is 9.75. The summed E-state index contributed by atoms with van der Waals surface area (Å²) in [6.07, 6.45) is 2.37. The predicted octanol–water partition coefficient (Wildman–Crippen LogP) is 1.11. The molecule has 0 aromatic rings. The van der Waals surface area contributed by atoms with E-state index in [2.05, 4.69) is 20.8 Å². The standard InChI is InChI=1S/C14H28O5/c1-9(2)12-5-4-10(3)6-13(12)19-14(17)18-11(7-15)8-16/h9-17H,4-8H2,1-3H3. The summed E-state index contributed by atoms with van der Waals surface area (Å²) in [5.41, 5.74) is 0. The second-order valence-electron chi connectivity index (χ2n) is 5.93. The van der Waals surface area contributed by atoms with Crippen molar-refractivity contribution in [3.8, 4) is 0 Å². The Morgan fingerprint density at radius 1 is 1.16 bits per heavy atom. The van der Waals surface area contributed by atoms with Crippen LogP contribution in [0.15, 0.2) is 0 Å². The first kappa shape index (κ1) is 16.9. The average molecular weight is 276 g/mol. The third-order valence-electron chi connectivity index (χ3n) is 3.97. The second-order valence-corrected chi connectivity index (χ2v) is 5.93. The summed E-state index contributed by atoms with van der Waals surface area (Å²) in [6, 6.07) is 0. The molecule has 4 atom stereocenters. The molecule has 0 aliphatic heterocycles. The quantitative estimate of drug-likeness (QED) is 0.607. The first-order valence-electron chi connectivity index (χ1n) is 7.18. The van der Waals surface area contributed by atoms with Crippen LogP contribution in [0.4, 0.5) is 0 Å². The first-order chi connectivity index (χ1) is 8.97. The van der Waals surface area contributed by atoms with E-state index in [-0.39, 0.29) is 19.3 Å². The summed E-state index contributed by atoms with van der Waals surface area (Å²) in [6.45, 7) is 4.44. The van der Waals surface area contributed by atoms with Crippen LogP contribution >= 0.6 is 0 Å². The van der Waals surface area contributed by atoms with Gasteiger partial charge in [0, 0.05) is 0 Å². The largest absolute Gasteiger partial charge is 0.394 e. The summed E-state index contributed by atoms with van der Waals surface area (Å²) < 4.78 is 10.6. The summed E-state index contributed by atoms with van der Waals surface area (Å²) in [5.74, 6) is 1.49. The zero-order chi connectivity index (χ0) is 14.4. The third-order valence-corrected chi connectivity index (χ3v) is 3.97. The highest BCUT2D eigenvalue weighted by Gasteiger charge is 2.33. The lowest BCUT2D eigenvalue weighted by Crippen LogP contribution is -2.39. The number of aliphatic hydroxyl groups excluding tert-OH is 3. The van der Waals surface area contributed by atoms with Crippen LogP contribution in [0.3, 0.4) is 0 Å². The minimum atomic E-state index is -1.39. The Bertz CT molecular complexity index is 242. The monoisotopic (exact) mass is 276 g/mol. The van der Waals surface area contributed by atoms with Crippen molar-refractivity contribution >= 4 is 0 Å². The van der Waals surface area contributed by atoms with E-state index in [1.165, 1.54) is 6.42 Å². The molecule has 19 heavy (non-hydrogen) atoms. The third kappa shape index (κ3) is 5.36. The molecule has 0 heterocycles. The lowest BCUT2D eigenvalue weighted by atomic mass is 9.75. The van der Waals surface area contributed by atoms with Gasteiger partial charge in [-0.3, -0.25) is 0 Å². The SMILES string of the molecule is CC1CCC(C(C)C)C(OC(O)OC(CO)CO)C1. The van der Waals surface area contributed by atoms with Gasteiger partial charge >= 0.3 is 0 Å². The molecule has 1 aliphatic carbocycles. The lowest BCUT2D eigenvalue weighted by molar-refractivity contribution is -0.315. The van der Waals surface area contributed by atoms with Crippen molar-refractivity contribution in [2.24, 2.45) is 17.8 Å². The number of ether oxygens (including phenoxy) is 2. The fourth-order valence-electron chi connectivity index (χ4n) is 2.76. The highest BCUT2D eigenvalue weighted by Crippen LogP contribution is 2.35. The van der Waals surface area contributed by atoms with Gasteiger partial charge in [-0.25, -0.2) is 0 Å². The molecule has 0 bridgehead atoms. The fourth-order valence-corrected chi connectivity index (χ4v) is 2.76. The van der Waals surface area contributed by atoms with Crippen LogP contribution in [-0.4, -0.2) is 47.2 Å². The van der Waals surface area contributed by atoms with Gasteiger partial charge in [-0.15, -0.1) is 0 Å². The van der Waals surface area contributed by atoms with Gasteiger partial charge in [0.15, 0.2) is 0 Å². The molecule has 3 N–H and O–H groups in total. The smallest absolute Gasteiger partial charge is 0.269 e. The van der Waals surface area contributed by atoms with Gasteiger partial charge in [-0.05, 0) is 30.6 Å². The Labute approximate surface area is 115 Å². The zero-order valence-corrected chi connectivity index (χ0v) is 12.2. The van der Waals surface area contributed by atoms with E-state index in [9.17, 15) is 5.11 Å². The fraction of sp³-hybridized carbons (Fsp3) is 1.00. The summed E-state index contributed by atoms with van der Waals surface area (Å²) >= 11 is 0. The van der Waals surface area contributed by atoms with Crippen molar-refractivity contribution in [2.45, 2.75) is 58.7 Å². The average Bonchev–Trinajstić information content (AvgIpc) is 2.35. The maximum Gasteiger partial charge on any atom is 0.269 e. The molecule has 4 unspecified atom stereocenters. The van der Waals surface area contributed by atoms with Gasteiger partial charge in [0.2, 0.25) is 0 Å². The molecule has 0 amide bonds. The normalized spacial score (nSPS) is 30.0. The highest BCUT2D eigenvalue weighted by molar-refractivity contribution is 4.81. The summed E-state index contributed by atoms with van der Waals surface area (Å²) in [7, 11) is 0. The molecule has 0 spiro atoms. The topological polar surface area (TPSA) is 79.2 Å². The predicted molar refractivity (Wildman–Crippen MR) is 71.3 cm³/mol. The van der Waals surface area contributed by atoms with Gasteiger partial charge in [0.25, 0.3) is 6.48 Å². The second kappa shape index (κ2) is 8.17. The van der Waals surface area contributed by atoms with E-state index in [0.29, 0.717) is 17.8 Å². The van der Waals surface area contributed by atoms with Gasteiger partial charge in [0.1, 0.15) is 6.10 Å². The van der Waals surface area contributed by atoms with E-state index in [0.717, 1.165) is 12.8 Å². The molecule has 1 rings (SSSR count). The van der Waals surface area contributed by atoms with Gasteiger partial charge < -0.3 is 24.8 Å². The summed E-state index contributed by atoms with van der Waals surface area (Å²) in [5, 5.41) is 27.6. The highest BCUT2D eigenvalue weighted by atomic mass is 16.8. The molecule has 0 saturated heterocycles. The van der Waals surface area contributed by atoms with Crippen LogP contribution < -0.4 is 0 Å². The molecule has 1 saturated carbocycles. The Morgan fingerprint density at radius 2 is 1.79 bits per heavy atom. The molecule has 0 radical (unpaired) electrons. The van der Waals surface area contributed by atoms with Crippen molar-refractivity contribution in [3.05, 3.63) is 0 Å². The lowest BCUT2D eigenvalue weighted by Gasteiger charge is -2.38. The minimum absolute atomic E-state index is 0.0308. The van der Waals surface area contributed by atoms with Crippen LogP contribution in [0.1, 0.15) is 40.0 Å². The van der Waals surface area contributed by atoms with Crippen LogP contribution in [0, 0.1) is 17.8 Å². The van der Waals surface area contributed by atoms with Crippen molar-refractivity contribution < 1.29 is 24.8 Å². The van der Waals surface area contributed by atoms with Gasteiger partial charge in [-0.2, -0.15) is 0 Å². The molecule has 1 fully saturated rings. The number of aliphatic hydroxyl groups is 3. The molecule has 5 heteroatoms. The van der Waals surface area contributed by atoms with Gasteiger partial charge in [0.05, 0.1) is 19.3 Å². The molecule has 114 valence electrons. The zero-order valence-electron chi connectivity index (χ0n) is 12.2. The van der Waals surface area contributed by atoms with E-state index in [4.69, 9.17) is 19.7 Å². The Morgan fingerprint density at radius 3 is 2.32 bits per heavy atom.